The Kier molecular flexibility index (Phi) is 4.87. The lowest BCUT2D eigenvalue weighted by molar-refractivity contribution is 0.248. The van der Waals surface area contributed by atoms with Gasteiger partial charge in [-0.25, -0.2) is 0 Å². The molecule has 2 rings (SSSR count). The van der Waals surface area contributed by atoms with E-state index < -0.39 is 0 Å². The molecule has 0 bridgehead atoms. The standard InChI is InChI=1S/C17H27NO/c1-5-8-18-16(15-6-7-15)11-19-17-10-12(2)9-13(3)14(17)4/h9-10,15-16,18H,5-8,11H2,1-4H3. The molecule has 0 amide bonds. The zero-order valence-electron chi connectivity index (χ0n) is 12.8. The fraction of sp³-hybridized carbons (Fsp3) is 0.647. The van der Waals surface area contributed by atoms with Gasteiger partial charge in [0.2, 0.25) is 0 Å². The van der Waals surface area contributed by atoms with Crippen molar-refractivity contribution in [3.8, 4) is 5.75 Å². The van der Waals surface area contributed by atoms with Crippen molar-refractivity contribution in [1.82, 2.24) is 5.32 Å². The molecule has 2 nitrogen and oxygen atoms in total. The normalized spacial score (nSPS) is 16.4. The lowest BCUT2D eigenvalue weighted by Crippen LogP contribution is -2.37. The van der Waals surface area contributed by atoms with Crippen molar-refractivity contribution < 1.29 is 4.74 Å². The van der Waals surface area contributed by atoms with E-state index in [4.69, 9.17) is 4.74 Å². The van der Waals surface area contributed by atoms with Crippen molar-refractivity contribution in [3.63, 3.8) is 0 Å². The van der Waals surface area contributed by atoms with E-state index in [0.717, 1.165) is 24.8 Å². The van der Waals surface area contributed by atoms with Gasteiger partial charge < -0.3 is 10.1 Å². The maximum absolute atomic E-state index is 6.10. The molecule has 0 heterocycles. The van der Waals surface area contributed by atoms with Crippen LogP contribution in [0.15, 0.2) is 12.1 Å². The van der Waals surface area contributed by atoms with E-state index in [-0.39, 0.29) is 0 Å². The molecule has 0 radical (unpaired) electrons. The van der Waals surface area contributed by atoms with Gasteiger partial charge in [-0.1, -0.05) is 13.0 Å². The Balaban J connectivity index is 1.96. The molecule has 1 aliphatic carbocycles. The Hall–Kier alpha value is -1.02. The summed E-state index contributed by atoms with van der Waals surface area (Å²) in [6, 6.07) is 4.90. The summed E-state index contributed by atoms with van der Waals surface area (Å²) in [6.45, 7) is 10.5. The van der Waals surface area contributed by atoms with E-state index >= 15 is 0 Å². The van der Waals surface area contributed by atoms with Crippen LogP contribution < -0.4 is 10.1 Å². The van der Waals surface area contributed by atoms with Gasteiger partial charge in [0.05, 0.1) is 0 Å². The second-order valence-corrected chi connectivity index (χ2v) is 5.91. The Labute approximate surface area is 117 Å². The highest BCUT2D eigenvalue weighted by Gasteiger charge is 2.31. The van der Waals surface area contributed by atoms with Gasteiger partial charge in [-0.3, -0.25) is 0 Å². The highest BCUT2D eigenvalue weighted by Crippen LogP contribution is 2.33. The van der Waals surface area contributed by atoms with E-state index in [1.165, 1.54) is 36.0 Å². The summed E-state index contributed by atoms with van der Waals surface area (Å²) in [6.07, 6.45) is 3.90. The zero-order valence-corrected chi connectivity index (χ0v) is 12.8. The number of hydrogen-bond acceptors (Lipinski definition) is 2. The molecule has 1 aromatic rings. The van der Waals surface area contributed by atoms with E-state index in [0.29, 0.717) is 6.04 Å². The quantitative estimate of drug-likeness (QED) is 0.806. The summed E-state index contributed by atoms with van der Waals surface area (Å²) < 4.78 is 6.10. The molecule has 0 saturated heterocycles. The minimum Gasteiger partial charge on any atom is -0.492 e. The summed E-state index contributed by atoms with van der Waals surface area (Å²) in [5, 5.41) is 3.63. The average Bonchev–Trinajstić information content (AvgIpc) is 3.19. The molecule has 1 aliphatic rings. The van der Waals surface area contributed by atoms with E-state index in [1.54, 1.807) is 0 Å². The predicted molar refractivity (Wildman–Crippen MR) is 81.0 cm³/mol. The van der Waals surface area contributed by atoms with Crippen LogP contribution in [0.2, 0.25) is 0 Å². The maximum Gasteiger partial charge on any atom is 0.122 e. The molecular formula is C17H27NO. The molecule has 1 saturated carbocycles. The second kappa shape index (κ2) is 6.42. The third kappa shape index (κ3) is 3.97. The molecule has 2 heteroatoms. The van der Waals surface area contributed by atoms with Crippen LogP contribution in [0.5, 0.6) is 5.75 Å². The van der Waals surface area contributed by atoms with Gasteiger partial charge in [0.25, 0.3) is 0 Å². The van der Waals surface area contributed by atoms with Gasteiger partial charge in [0.15, 0.2) is 0 Å². The minimum absolute atomic E-state index is 0.528. The second-order valence-electron chi connectivity index (χ2n) is 5.91. The lowest BCUT2D eigenvalue weighted by Gasteiger charge is -2.20. The van der Waals surface area contributed by atoms with Crippen molar-refractivity contribution in [1.29, 1.82) is 0 Å². The number of nitrogens with one attached hydrogen (secondary N) is 1. The summed E-state index contributed by atoms with van der Waals surface area (Å²) >= 11 is 0. The first-order chi connectivity index (χ1) is 9.11. The van der Waals surface area contributed by atoms with Crippen molar-refractivity contribution >= 4 is 0 Å². The largest absolute Gasteiger partial charge is 0.492 e. The Morgan fingerprint density at radius 1 is 1.26 bits per heavy atom. The van der Waals surface area contributed by atoms with Crippen molar-refractivity contribution in [2.75, 3.05) is 13.2 Å². The summed E-state index contributed by atoms with van der Waals surface area (Å²) in [5.74, 6) is 1.89. The van der Waals surface area contributed by atoms with Gasteiger partial charge in [-0.15, -0.1) is 0 Å². The molecule has 19 heavy (non-hydrogen) atoms. The van der Waals surface area contributed by atoms with Gasteiger partial charge in [0.1, 0.15) is 12.4 Å². The van der Waals surface area contributed by atoms with Crippen LogP contribution in [-0.2, 0) is 0 Å². The van der Waals surface area contributed by atoms with Gasteiger partial charge in [-0.2, -0.15) is 0 Å². The molecule has 0 aromatic heterocycles. The van der Waals surface area contributed by atoms with Crippen LogP contribution in [-0.4, -0.2) is 19.2 Å². The van der Waals surface area contributed by atoms with Gasteiger partial charge >= 0.3 is 0 Å². The molecule has 1 aromatic carbocycles. The smallest absolute Gasteiger partial charge is 0.122 e. The number of rotatable bonds is 7. The van der Waals surface area contributed by atoms with Gasteiger partial charge in [-0.05, 0) is 75.3 Å². The monoisotopic (exact) mass is 261 g/mol. The molecule has 1 atom stereocenters. The number of benzene rings is 1. The zero-order chi connectivity index (χ0) is 13.8. The maximum atomic E-state index is 6.10. The highest BCUT2D eigenvalue weighted by molar-refractivity contribution is 5.41. The first-order valence-electron chi connectivity index (χ1n) is 7.55. The number of ether oxygens (including phenoxy) is 1. The van der Waals surface area contributed by atoms with E-state index in [9.17, 15) is 0 Å². The number of hydrogen-bond donors (Lipinski definition) is 1. The lowest BCUT2D eigenvalue weighted by atomic mass is 10.1. The van der Waals surface area contributed by atoms with Crippen LogP contribution >= 0.6 is 0 Å². The predicted octanol–water partition coefficient (Wildman–Crippen LogP) is 3.77. The van der Waals surface area contributed by atoms with Crippen LogP contribution in [0, 0.1) is 26.7 Å². The Morgan fingerprint density at radius 2 is 2.00 bits per heavy atom. The third-order valence-electron chi connectivity index (χ3n) is 4.03. The molecule has 1 N–H and O–H groups in total. The summed E-state index contributed by atoms with van der Waals surface area (Å²) in [5.41, 5.74) is 3.87. The molecule has 106 valence electrons. The first-order valence-corrected chi connectivity index (χ1v) is 7.55. The van der Waals surface area contributed by atoms with Crippen LogP contribution in [0.3, 0.4) is 0 Å². The molecule has 1 fully saturated rings. The minimum atomic E-state index is 0.528. The molecule has 0 aliphatic heterocycles. The van der Waals surface area contributed by atoms with Gasteiger partial charge in [0, 0.05) is 6.04 Å². The summed E-state index contributed by atoms with van der Waals surface area (Å²) in [4.78, 5) is 0. The highest BCUT2D eigenvalue weighted by atomic mass is 16.5. The van der Waals surface area contributed by atoms with Crippen LogP contribution in [0.25, 0.3) is 0 Å². The Bertz CT molecular complexity index is 424. The fourth-order valence-corrected chi connectivity index (χ4v) is 2.52. The SMILES string of the molecule is CCCNC(COc1cc(C)cc(C)c1C)C1CC1. The Morgan fingerprint density at radius 3 is 2.63 bits per heavy atom. The van der Waals surface area contributed by atoms with Crippen LogP contribution in [0.1, 0.15) is 42.9 Å². The molecule has 0 spiro atoms. The van der Waals surface area contributed by atoms with E-state index in [2.05, 4.69) is 45.1 Å². The fourth-order valence-electron chi connectivity index (χ4n) is 2.52. The van der Waals surface area contributed by atoms with Crippen molar-refractivity contribution in [2.45, 2.75) is 53.0 Å². The number of aryl methyl sites for hydroxylation is 2. The third-order valence-corrected chi connectivity index (χ3v) is 4.03. The topological polar surface area (TPSA) is 21.3 Å². The van der Waals surface area contributed by atoms with Crippen molar-refractivity contribution in [3.05, 3.63) is 28.8 Å². The van der Waals surface area contributed by atoms with Crippen LogP contribution in [0.4, 0.5) is 0 Å². The average molecular weight is 261 g/mol. The van der Waals surface area contributed by atoms with E-state index in [1.807, 2.05) is 0 Å². The first kappa shape index (κ1) is 14.4. The van der Waals surface area contributed by atoms with Crippen molar-refractivity contribution in [2.24, 2.45) is 5.92 Å². The molecular weight excluding hydrogens is 234 g/mol. The molecule has 1 unspecified atom stereocenters. The summed E-state index contributed by atoms with van der Waals surface area (Å²) in [7, 11) is 0.